The van der Waals surface area contributed by atoms with Crippen LogP contribution in [-0.4, -0.2) is 17.2 Å². The summed E-state index contributed by atoms with van der Waals surface area (Å²) >= 11 is 0. The van der Waals surface area contributed by atoms with Crippen molar-refractivity contribution in [3.8, 4) is 0 Å². The maximum Gasteiger partial charge on any atom is 0.123 e. The molecule has 2 rings (SSSR count). The van der Waals surface area contributed by atoms with Crippen LogP contribution in [0.2, 0.25) is 0 Å². The molecule has 0 amide bonds. The number of hydrogen-bond donors (Lipinski definition) is 1. The first-order valence-electron chi connectivity index (χ1n) is 6.91. The van der Waals surface area contributed by atoms with Gasteiger partial charge >= 0.3 is 0 Å². The van der Waals surface area contributed by atoms with Gasteiger partial charge in [0, 0.05) is 12.1 Å². The Balaban J connectivity index is 2.07. The summed E-state index contributed by atoms with van der Waals surface area (Å²) in [7, 11) is 0. The maximum absolute atomic E-state index is 12.9. The van der Waals surface area contributed by atoms with Crippen LogP contribution in [0.4, 0.5) is 4.39 Å². The van der Waals surface area contributed by atoms with Crippen LogP contribution < -0.4 is 5.32 Å². The van der Waals surface area contributed by atoms with Crippen LogP contribution in [0.15, 0.2) is 24.3 Å². The summed E-state index contributed by atoms with van der Waals surface area (Å²) in [6.07, 6.45) is 0.978. The molecule has 3 heteroatoms. The molecule has 1 fully saturated rings. The molecule has 2 atom stereocenters. The molecule has 0 aliphatic carbocycles. The fourth-order valence-corrected chi connectivity index (χ4v) is 2.97. The third kappa shape index (κ3) is 3.34. The average molecular weight is 265 g/mol. The van der Waals surface area contributed by atoms with Crippen LogP contribution in [0.5, 0.6) is 0 Å². The van der Waals surface area contributed by atoms with Crippen molar-refractivity contribution < 1.29 is 9.13 Å². The Labute approximate surface area is 115 Å². The van der Waals surface area contributed by atoms with Gasteiger partial charge in [0.1, 0.15) is 5.82 Å². The van der Waals surface area contributed by atoms with Crippen LogP contribution in [0.3, 0.4) is 0 Å². The Morgan fingerprint density at radius 1 is 1.21 bits per heavy atom. The van der Waals surface area contributed by atoms with E-state index in [1.807, 2.05) is 12.1 Å². The zero-order valence-electron chi connectivity index (χ0n) is 12.5. The Bertz CT molecular complexity index is 439. The highest BCUT2D eigenvalue weighted by atomic mass is 19.1. The van der Waals surface area contributed by atoms with Gasteiger partial charge in [-0.15, -0.1) is 0 Å². The third-order valence-electron chi connectivity index (χ3n) is 3.90. The molecule has 0 radical (unpaired) electrons. The largest absolute Gasteiger partial charge is 0.368 e. The van der Waals surface area contributed by atoms with Crippen LogP contribution >= 0.6 is 0 Å². The molecule has 1 heterocycles. The van der Waals surface area contributed by atoms with Gasteiger partial charge in [0.15, 0.2) is 0 Å². The molecular formula is C16H24FNO. The summed E-state index contributed by atoms with van der Waals surface area (Å²) in [5.41, 5.74) is 0.823. The van der Waals surface area contributed by atoms with Gasteiger partial charge in [-0.05, 0) is 58.7 Å². The van der Waals surface area contributed by atoms with Crippen molar-refractivity contribution in [2.45, 2.75) is 64.3 Å². The molecule has 0 saturated carbocycles. The van der Waals surface area contributed by atoms with E-state index in [9.17, 15) is 4.39 Å². The second-order valence-corrected chi connectivity index (χ2v) is 6.66. The SMILES string of the molecule is C[C@@H](NC1CC(C)(C)OC1(C)C)c1ccc(F)cc1. The molecule has 1 saturated heterocycles. The van der Waals surface area contributed by atoms with Gasteiger partial charge in [-0.1, -0.05) is 12.1 Å². The standard InChI is InChI=1S/C16H24FNO/c1-11(12-6-8-13(17)9-7-12)18-14-10-15(2,3)19-16(14,4)5/h6-9,11,14,18H,10H2,1-5H3/t11-,14?/m1/s1. The molecule has 1 aromatic carbocycles. The minimum absolute atomic E-state index is 0.0936. The highest BCUT2D eigenvalue weighted by Crippen LogP contribution is 2.38. The number of nitrogens with one attached hydrogen (secondary N) is 1. The maximum atomic E-state index is 12.9. The molecule has 106 valence electrons. The van der Waals surface area contributed by atoms with Crippen molar-refractivity contribution in [3.63, 3.8) is 0 Å². The summed E-state index contributed by atoms with van der Waals surface area (Å²) < 4.78 is 19.0. The molecule has 0 spiro atoms. The summed E-state index contributed by atoms with van der Waals surface area (Å²) in [4.78, 5) is 0. The van der Waals surface area contributed by atoms with E-state index in [1.54, 1.807) is 0 Å². The lowest BCUT2D eigenvalue weighted by Gasteiger charge is -2.30. The first-order valence-corrected chi connectivity index (χ1v) is 6.91. The van der Waals surface area contributed by atoms with Gasteiger partial charge in [0.2, 0.25) is 0 Å². The minimum atomic E-state index is -0.193. The van der Waals surface area contributed by atoms with Crippen LogP contribution in [0.1, 0.15) is 52.6 Å². The number of rotatable bonds is 3. The van der Waals surface area contributed by atoms with Crippen LogP contribution in [-0.2, 0) is 4.74 Å². The lowest BCUT2D eigenvalue weighted by atomic mass is 9.93. The highest BCUT2D eigenvalue weighted by Gasteiger charge is 2.46. The molecule has 1 aliphatic rings. The van der Waals surface area contributed by atoms with Crippen molar-refractivity contribution in [2.24, 2.45) is 0 Å². The Morgan fingerprint density at radius 3 is 2.26 bits per heavy atom. The number of ether oxygens (including phenoxy) is 1. The molecule has 1 unspecified atom stereocenters. The van der Waals surface area contributed by atoms with Crippen molar-refractivity contribution >= 4 is 0 Å². The zero-order valence-corrected chi connectivity index (χ0v) is 12.5. The molecule has 1 aliphatic heterocycles. The fraction of sp³-hybridized carbons (Fsp3) is 0.625. The molecular weight excluding hydrogens is 241 g/mol. The van der Waals surface area contributed by atoms with Crippen molar-refractivity contribution in [1.29, 1.82) is 0 Å². The van der Waals surface area contributed by atoms with Crippen molar-refractivity contribution in [2.75, 3.05) is 0 Å². The Kier molecular flexibility index (Phi) is 3.72. The molecule has 1 N–H and O–H groups in total. The van der Waals surface area contributed by atoms with Crippen LogP contribution in [0.25, 0.3) is 0 Å². The molecule has 0 bridgehead atoms. The second-order valence-electron chi connectivity index (χ2n) is 6.66. The van der Waals surface area contributed by atoms with Crippen LogP contribution in [0, 0.1) is 5.82 Å². The van der Waals surface area contributed by atoms with E-state index in [2.05, 4.69) is 39.9 Å². The van der Waals surface area contributed by atoms with Gasteiger partial charge in [-0.25, -0.2) is 4.39 Å². The minimum Gasteiger partial charge on any atom is -0.368 e. The number of halogens is 1. The number of benzene rings is 1. The van der Waals surface area contributed by atoms with E-state index < -0.39 is 0 Å². The quantitative estimate of drug-likeness (QED) is 0.897. The Hall–Kier alpha value is -0.930. The summed E-state index contributed by atoms with van der Waals surface area (Å²) in [5, 5.41) is 3.61. The first-order chi connectivity index (χ1) is 8.70. The normalized spacial score (nSPS) is 26.3. The van der Waals surface area contributed by atoms with E-state index in [0.717, 1.165) is 12.0 Å². The predicted octanol–water partition coefficient (Wildman–Crippen LogP) is 3.82. The van der Waals surface area contributed by atoms with E-state index in [0.29, 0.717) is 6.04 Å². The summed E-state index contributed by atoms with van der Waals surface area (Å²) in [6.45, 7) is 10.6. The van der Waals surface area contributed by atoms with E-state index >= 15 is 0 Å². The molecule has 1 aromatic rings. The summed E-state index contributed by atoms with van der Waals surface area (Å²) in [5.74, 6) is -0.193. The van der Waals surface area contributed by atoms with E-state index in [1.165, 1.54) is 12.1 Å². The second kappa shape index (κ2) is 4.88. The van der Waals surface area contributed by atoms with Gasteiger partial charge in [-0.2, -0.15) is 0 Å². The molecule has 0 aromatic heterocycles. The van der Waals surface area contributed by atoms with Crippen molar-refractivity contribution in [3.05, 3.63) is 35.6 Å². The topological polar surface area (TPSA) is 21.3 Å². The van der Waals surface area contributed by atoms with E-state index in [4.69, 9.17) is 4.74 Å². The average Bonchev–Trinajstić information content (AvgIpc) is 2.47. The smallest absolute Gasteiger partial charge is 0.123 e. The van der Waals surface area contributed by atoms with Gasteiger partial charge < -0.3 is 10.1 Å². The van der Waals surface area contributed by atoms with Gasteiger partial charge in [0.05, 0.1) is 11.2 Å². The molecule has 19 heavy (non-hydrogen) atoms. The third-order valence-corrected chi connectivity index (χ3v) is 3.90. The monoisotopic (exact) mass is 265 g/mol. The fourth-order valence-electron chi connectivity index (χ4n) is 2.97. The summed E-state index contributed by atoms with van der Waals surface area (Å²) in [6, 6.07) is 7.16. The highest BCUT2D eigenvalue weighted by molar-refractivity contribution is 5.20. The predicted molar refractivity (Wildman–Crippen MR) is 75.6 cm³/mol. The van der Waals surface area contributed by atoms with Crippen molar-refractivity contribution in [1.82, 2.24) is 5.32 Å². The number of hydrogen-bond acceptors (Lipinski definition) is 2. The zero-order chi connectivity index (χ0) is 14.3. The Morgan fingerprint density at radius 2 is 1.79 bits per heavy atom. The molecule has 2 nitrogen and oxygen atoms in total. The lowest BCUT2D eigenvalue weighted by Crippen LogP contribution is -2.44. The lowest BCUT2D eigenvalue weighted by molar-refractivity contribution is -0.0703. The first kappa shape index (κ1) is 14.5. The van der Waals surface area contributed by atoms with Gasteiger partial charge in [-0.3, -0.25) is 0 Å². The van der Waals surface area contributed by atoms with E-state index in [-0.39, 0.29) is 23.1 Å². The van der Waals surface area contributed by atoms with Gasteiger partial charge in [0.25, 0.3) is 0 Å².